The van der Waals surface area contributed by atoms with Crippen molar-refractivity contribution in [2.75, 3.05) is 13.4 Å². The number of fused-ring (bicyclic) bond motifs is 11. The van der Waals surface area contributed by atoms with E-state index in [0.29, 0.717) is 47.1 Å². The van der Waals surface area contributed by atoms with Gasteiger partial charge < -0.3 is 28.5 Å². The van der Waals surface area contributed by atoms with E-state index in [4.69, 9.17) is 28.5 Å². The van der Waals surface area contributed by atoms with Crippen LogP contribution in [0.3, 0.4) is 0 Å². The molecular formula is C51H52O9. The minimum absolute atomic E-state index is 0.0456. The molecule has 60 heavy (non-hydrogen) atoms. The van der Waals surface area contributed by atoms with Gasteiger partial charge in [-0.2, -0.15) is 0 Å². The van der Waals surface area contributed by atoms with Crippen molar-refractivity contribution in [2.45, 2.75) is 95.9 Å². The molecule has 3 aliphatic heterocycles. The Morgan fingerprint density at radius 2 is 1.62 bits per heavy atom. The van der Waals surface area contributed by atoms with E-state index in [1.165, 1.54) is 16.7 Å². The summed E-state index contributed by atoms with van der Waals surface area (Å²) in [4.78, 5) is 42.3. The third-order valence-electron chi connectivity index (χ3n) is 12.2. The van der Waals surface area contributed by atoms with E-state index < -0.39 is 42.2 Å². The zero-order valence-corrected chi connectivity index (χ0v) is 34.6. The predicted molar refractivity (Wildman–Crippen MR) is 229 cm³/mol. The molecule has 9 heteroatoms. The number of hydrogen-bond donors (Lipinski definition) is 1. The van der Waals surface area contributed by atoms with Crippen LogP contribution in [0.5, 0.6) is 5.75 Å². The lowest BCUT2D eigenvalue weighted by Crippen LogP contribution is -2.52. The van der Waals surface area contributed by atoms with Crippen molar-refractivity contribution >= 4 is 22.9 Å². The molecule has 1 N–H and O–H groups in total. The number of benzene rings is 4. The molecule has 0 amide bonds. The van der Waals surface area contributed by atoms with Gasteiger partial charge in [0.1, 0.15) is 23.7 Å². The van der Waals surface area contributed by atoms with E-state index in [-0.39, 0.29) is 42.8 Å². The van der Waals surface area contributed by atoms with Gasteiger partial charge in [0.05, 0.1) is 12.2 Å². The maximum Gasteiger partial charge on any atom is 0.339 e. The fourth-order valence-corrected chi connectivity index (χ4v) is 9.08. The molecule has 5 unspecified atom stereocenters. The summed E-state index contributed by atoms with van der Waals surface area (Å²) in [6, 6.07) is 32.9. The molecule has 0 radical (unpaired) electrons. The van der Waals surface area contributed by atoms with Crippen LogP contribution in [0.1, 0.15) is 104 Å². The zero-order valence-electron chi connectivity index (χ0n) is 34.6. The Morgan fingerprint density at radius 3 is 2.38 bits per heavy atom. The first-order valence-corrected chi connectivity index (χ1v) is 20.9. The molecule has 9 nitrogen and oxygen atoms in total. The summed E-state index contributed by atoms with van der Waals surface area (Å²) in [6.45, 7) is 7.05. The zero-order chi connectivity index (χ0) is 42.0. The number of rotatable bonds is 7. The molecule has 0 fully saturated rings. The van der Waals surface area contributed by atoms with Crippen LogP contribution in [0.25, 0.3) is 11.0 Å². The number of carbonyl (C=O) groups is 2. The van der Waals surface area contributed by atoms with Crippen LogP contribution in [0.4, 0.5) is 0 Å². The van der Waals surface area contributed by atoms with Gasteiger partial charge in [0.25, 0.3) is 0 Å². The first kappa shape index (κ1) is 41.0. The normalized spacial score (nSPS) is 22.6. The fraction of sp³-hybridized carbons (Fsp3) is 0.353. The molecule has 5 atom stereocenters. The minimum Gasteiger partial charge on any atom is -0.483 e. The molecule has 4 aromatic carbocycles. The summed E-state index contributed by atoms with van der Waals surface area (Å²) in [6.07, 6.45) is 5.21. The van der Waals surface area contributed by atoms with Crippen LogP contribution in [-0.2, 0) is 43.1 Å². The summed E-state index contributed by atoms with van der Waals surface area (Å²) in [5.74, 6) is -0.710. The molecule has 0 saturated heterocycles. The van der Waals surface area contributed by atoms with Gasteiger partial charge in [-0.25, -0.2) is 9.59 Å². The van der Waals surface area contributed by atoms with Gasteiger partial charge in [0, 0.05) is 41.2 Å². The van der Waals surface area contributed by atoms with E-state index in [1.54, 1.807) is 32.0 Å². The largest absolute Gasteiger partial charge is 0.483 e. The number of aryl methyl sites for hydroxylation is 1. The molecule has 4 heterocycles. The Bertz CT molecular complexity index is 2490. The number of hydrogen-bond acceptors (Lipinski definition) is 9. The Labute approximate surface area is 350 Å². The van der Waals surface area contributed by atoms with E-state index in [0.717, 1.165) is 23.1 Å². The second kappa shape index (κ2) is 17.4. The van der Waals surface area contributed by atoms with E-state index in [1.807, 2.05) is 19.9 Å². The van der Waals surface area contributed by atoms with E-state index in [2.05, 4.69) is 84.9 Å². The number of allylic oxidation sites excluding steroid dienone is 3. The van der Waals surface area contributed by atoms with Crippen molar-refractivity contribution in [1.29, 1.82) is 0 Å². The van der Waals surface area contributed by atoms with E-state index in [9.17, 15) is 14.4 Å². The Hall–Kier alpha value is -5.77. The first-order valence-electron chi connectivity index (χ1n) is 20.9. The molecule has 9 rings (SSSR count). The molecule has 0 saturated carbocycles. The van der Waals surface area contributed by atoms with Crippen molar-refractivity contribution < 1.29 is 38.1 Å². The molecule has 1 aromatic heterocycles. The van der Waals surface area contributed by atoms with Gasteiger partial charge >= 0.3 is 17.6 Å². The third-order valence-corrected chi connectivity index (χ3v) is 12.2. The van der Waals surface area contributed by atoms with Gasteiger partial charge in [-0.1, -0.05) is 96.6 Å². The molecule has 5 aromatic rings. The maximum atomic E-state index is 14.7. The van der Waals surface area contributed by atoms with E-state index >= 15 is 0 Å². The molecular weight excluding hydrogens is 757 g/mol. The summed E-state index contributed by atoms with van der Waals surface area (Å²) >= 11 is 0. The van der Waals surface area contributed by atoms with Crippen LogP contribution in [-0.4, -0.2) is 42.1 Å². The molecule has 0 spiro atoms. The summed E-state index contributed by atoms with van der Waals surface area (Å²) in [5.41, 5.74) is 6.37. The second-order valence-corrected chi connectivity index (χ2v) is 17.0. The van der Waals surface area contributed by atoms with Gasteiger partial charge in [-0.05, 0) is 105 Å². The van der Waals surface area contributed by atoms with Crippen LogP contribution in [0, 0.1) is 5.92 Å². The molecule has 2 bridgehead atoms. The lowest BCUT2D eigenvalue weighted by molar-refractivity contribution is -0.188. The van der Waals surface area contributed by atoms with Gasteiger partial charge in [-0.3, -0.25) is 4.79 Å². The Morgan fingerprint density at radius 1 is 0.833 bits per heavy atom. The van der Waals surface area contributed by atoms with Crippen molar-refractivity contribution in [3.05, 3.63) is 170 Å². The van der Waals surface area contributed by atoms with Crippen LogP contribution < -0.4 is 10.4 Å². The second-order valence-electron chi connectivity index (χ2n) is 17.0. The fourth-order valence-electron chi connectivity index (χ4n) is 9.08. The monoisotopic (exact) mass is 808 g/mol. The quantitative estimate of drug-likeness (QED) is 0.0428. The van der Waals surface area contributed by atoms with Crippen LogP contribution in [0.15, 0.2) is 130 Å². The third kappa shape index (κ3) is 8.74. The summed E-state index contributed by atoms with van der Waals surface area (Å²) in [7, 11) is 0. The first-order chi connectivity index (χ1) is 29.0. The number of carbonyl (C=O) groups excluding carboxylic acids is 2. The maximum absolute atomic E-state index is 14.7. The van der Waals surface area contributed by atoms with Gasteiger partial charge in [0.2, 0.25) is 0 Å². The SMILES string of the molecule is CC(C)=C1CCc2ccc(cc2)C2C=CC(c3cccc(Cc4ccccc4)c3)CC2CC(=O)OC2c3c(ccc4cc(CCOCO)c(=O)oc34)OC(C)(C)C2OC1=O. The molecule has 4 aliphatic rings. The average Bonchev–Trinajstić information content (AvgIpc) is 3.22. The highest BCUT2D eigenvalue weighted by atomic mass is 16.6. The Kier molecular flexibility index (Phi) is 11.9. The predicted octanol–water partition coefficient (Wildman–Crippen LogP) is 9.38. The van der Waals surface area contributed by atoms with Crippen LogP contribution in [0.2, 0.25) is 0 Å². The van der Waals surface area contributed by atoms with Crippen molar-refractivity contribution in [1.82, 2.24) is 0 Å². The van der Waals surface area contributed by atoms with Gasteiger partial charge in [-0.15, -0.1) is 0 Å². The standard InChI is InChI=1S/C51H52O9/c1-31(2)41-20-15-32-13-16-35(17-14-32)42-21-18-37(36-12-8-11-34(26-36)25-33-9-6-5-7-10-33)27-40(42)29-44(53)57-47-45-43(60-51(3,4)48(47)59-50(41)55)22-19-38-28-39(23-24-56-30-52)49(54)58-46(38)45/h5-14,16-19,21-22,26,28,37,40,42,47-48,52H,15,20,23-25,27,29-30H2,1-4H3. The number of aliphatic hydroxyl groups is 1. The lowest BCUT2D eigenvalue weighted by Gasteiger charge is -2.43. The van der Waals surface area contributed by atoms with Crippen LogP contribution >= 0.6 is 0 Å². The number of aliphatic hydroxyl groups excluding tert-OH is 1. The minimum atomic E-state index is -1.16. The smallest absolute Gasteiger partial charge is 0.339 e. The van der Waals surface area contributed by atoms with Crippen molar-refractivity contribution in [3.63, 3.8) is 0 Å². The van der Waals surface area contributed by atoms with Gasteiger partial charge in [0.15, 0.2) is 12.2 Å². The molecule has 1 aliphatic carbocycles. The highest BCUT2D eigenvalue weighted by Crippen LogP contribution is 2.48. The molecule has 310 valence electrons. The summed E-state index contributed by atoms with van der Waals surface area (Å²) < 4.78 is 30.6. The number of ether oxygens (including phenoxy) is 4. The number of esters is 2. The topological polar surface area (TPSA) is 122 Å². The lowest BCUT2D eigenvalue weighted by atomic mass is 9.72. The highest BCUT2D eigenvalue weighted by molar-refractivity contribution is 5.90. The summed E-state index contributed by atoms with van der Waals surface area (Å²) in [5, 5.41) is 9.69. The van der Waals surface area contributed by atoms with Crippen molar-refractivity contribution in [3.8, 4) is 5.75 Å². The Balaban J connectivity index is 1.19. The average molecular weight is 809 g/mol. The van der Waals surface area contributed by atoms with Crippen molar-refractivity contribution in [2.24, 2.45) is 5.92 Å². The highest BCUT2D eigenvalue weighted by Gasteiger charge is 2.51.